The van der Waals surface area contributed by atoms with Crippen LogP contribution >= 0.6 is 11.8 Å². The van der Waals surface area contributed by atoms with Gasteiger partial charge >= 0.3 is 12.0 Å². The average molecular weight is 295 g/mol. The summed E-state index contributed by atoms with van der Waals surface area (Å²) >= 11 is 1.44. The Morgan fingerprint density at radius 1 is 1.45 bits per heavy atom. The van der Waals surface area contributed by atoms with Gasteiger partial charge < -0.3 is 20.2 Å². The third-order valence-corrected chi connectivity index (χ3v) is 4.05. The van der Waals surface area contributed by atoms with Crippen LogP contribution in [0.15, 0.2) is 24.3 Å². The monoisotopic (exact) mass is 295 g/mol. The molecule has 6 nitrogen and oxygen atoms in total. The number of hydrogen-bond donors (Lipinski definition) is 2. The van der Waals surface area contributed by atoms with Gasteiger partial charge in [0.25, 0.3) is 0 Å². The molecule has 108 valence electrons. The summed E-state index contributed by atoms with van der Waals surface area (Å²) in [6, 6.07) is 6.27. The lowest BCUT2D eigenvalue weighted by Gasteiger charge is -2.21. The number of urea groups is 1. The van der Waals surface area contributed by atoms with Gasteiger partial charge in [0.15, 0.2) is 0 Å². The molecule has 20 heavy (non-hydrogen) atoms. The van der Waals surface area contributed by atoms with Crippen LogP contribution in [-0.2, 0) is 4.79 Å². The number of hydrogen-bond acceptors (Lipinski definition) is 4. The Bertz CT molecular complexity index is 521. The summed E-state index contributed by atoms with van der Waals surface area (Å²) in [5, 5.41) is 11.8. The van der Waals surface area contributed by atoms with E-state index in [1.807, 2.05) is 37.2 Å². The van der Waals surface area contributed by atoms with E-state index in [1.54, 1.807) is 6.07 Å². The standard InChI is InChI=1S/C13H17N3O3S/c1-15(2)10-5-3-4-9(6-10)14-13(19)16-8-20-7-11(16)12(17)18/h3-6,11H,7-8H2,1-2H3,(H,14,19)(H,17,18)/t11-/m0/s1. The minimum absolute atomic E-state index is 0.377. The summed E-state index contributed by atoms with van der Waals surface area (Å²) in [6.07, 6.45) is 0. The first-order valence-electron chi connectivity index (χ1n) is 6.14. The summed E-state index contributed by atoms with van der Waals surface area (Å²) in [7, 11) is 3.83. The maximum atomic E-state index is 12.1. The highest BCUT2D eigenvalue weighted by Crippen LogP contribution is 2.23. The van der Waals surface area contributed by atoms with Crippen LogP contribution in [0.4, 0.5) is 16.2 Å². The second kappa shape index (κ2) is 6.04. The van der Waals surface area contributed by atoms with E-state index in [0.29, 0.717) is 17.3 Å². The highest BCUT2D eigenvalue weighted by Gasteiger charge is 2.34. The van der Waals surface area contributed by atoms with Crippen molar-refractivity contribution in [1.82, 2.24) is 4.90 Å². The Morgan fingerprint density at radius 2 is 2.20 bits per heavy atom. The van der Waals surface area contributed by atoms with Crippen LogP contribution in [0.2, 0.25) is 0 Å². The van der Waals surface area contributed by atoms with Crippen LogP contribution < -0.4 is 10.2 Å². The van der Waals surface area contributed by atoms with Crippen molar-refractivity contribution in [1.29, 1.82) is 0 Å². The summed E-state index contributed by atoms with van der Waals surface area (Å²) < 4.78 is 0. The molecule has 7 heteroatoms. The molecular weight excluding hydrogens is 278 g/mol. The number of rotatable bonds is 3. The van der Waals surface area contributed by atoms with E-state index in [9.17, 15) is 9.59 Å². The van der Waals surface area contributed by atoms with E-state index in [4.69, 9.17) is 5.11 Å². The van der Waals surface area contributed by atoms with Gasteiger partial charge in [0.1, 0.15) is 6.04 Å². The van der Waals surface area contributed by atoms with Crippen LogP contribution in [0.3, 0.4) is 0 Å². The topological polar surface area (TPSA) is 72.9 Å². The first-order valence-corrected chi connectivity index (χ1v) is 7.30. The molecule has 1 fully saturated rings. The van der Waals surface area contributed by atoms with Crippen molar-refractivity contribution in [3.63, 3.8) is 0 Å². The fourth-order valence-electron chi connectivity index (χ4n) is 1.90. The van der Waals surface area contributed by atoms with Crippen molar-refractivity contribution in [2.24, 2.45) is 0 Å². The van der Waals surface area contributed by atoms with Gasteiger partial charge in [-0.2, -0.15) is 0 Å². The summed E-state index contributed by atoms with van der Waals surface area (Å²) in [5.41, 5.74) is 1.62. The number of aliphatic carboxylic acids is 1. The third-order valence-electron chi connectivity index (χ3n) is 3.04. The van der Waals surface area contributed by atoms with Crippen LogP contribution in [0.1, 0.15) is 0 Å². The summed E-state index contributed by atoms with van der Waals surface area (Å²) in [4.78, 5) is 26.5. The Labute approximate surface area is 121 Å². The molecule has 0 aromatic heterocycles. The molecule has 2 N–H and O–H groups in total. The van der Waals surface area contributed by atoms with Gasteiger partial charge in [0.05, 0.1) is 5.88 Å². The van der Waals surface area contributed by atoms with Crippen LogP contribution in [0.25, 0.3) is 0 Å². The van der Waals surface area contributed by atoms with Crippen molar-refractivity contribution in [3.05, 3.63) is 24.3 Å². The maximum absolute atomic E-state index is 12.1. The second-order valence-corrected chi connectivity index (χ2v) is 5.70. The van der Waals surface area contributed by atoms with E-state index in [0.717, 1.165) is 5.69 Å². The lowest BCUT2D eigenvalue weighted by molar-refractivity contribution is -0.140. The van der Waals surface area contributed by atoms with E-state index in [2.05, 4.69) is 5.32 Å². The fourth-order valence-corrected chi connectivity index (χ4v) is 3.05. The highest BCUT2D eigenvalue weighted by molar-refractivity contribution is 7.99. The first kappa shape index (κ1) is 14.5. The highest BCUT2D eigenvalue weighted by atomic mass is 32.2. The molecule has 0 spiro atoms. The van der Waals surface area contributed by atoms with Gasteiger partial charge in [0, 0.05) is 31.2 Å². The molecule has 1 heterocycles. The molecule has 1 atom stereocenters. The van der Waals surface area contributed by atoms with Crippen molar-refractivity contribution in [3.8, 4) is 0 Å². The molecule has 1 aliphatic heterocycles. The van der Waals surface area contributed by atoms with Gasteiger partial charge in [-0.1, -0.05) is 6.07 Å². The number of amides is 2. The quantitative estimate of drug-likeness (QED) is 0.888. The molecule has 0 bridgehead atoms. The predicted molar refractivity (Wildman–Crippen MR) is 80.4 cm³/mol. The molecule has 0 aliphatic carbocycles. The van der Waals surface area contributed by atoms with E-state index >= 15 is 0 Å². The minimum atomic E-state index is -0.966. The lowest BCUT2D eigenvalue weighted by Crippen LogP contribution is -2.43. The molecule has 1 aromatic rings. The Hall–Kier alpha value is -1.89. The minimum Gasteiger partial charge on any atom is -0.480 e. The lowest BCUT2D eigenvalue weighted by atomic mass is 10.2. The number of carbonyl (C=O) groups is 2. The fraction of sp³-hybridized carbons (Fsp3) is 0.385. The van der Waals surface area contributed by atoms with Crippen LogP contribution in [0.5, 0.6) is 0 Å². The summed E-state index contributed by atoms with van der Waals surface area (Å²) in [5.74, 6) is -0.136. The Balaban J connectivity index is 2.08. The first-order chi connectivity index (χ1) is 9.49. The van der Waals surface area contributed by atoms with Gasteiger partial charge in [-0.05, 0) is 18.2 Å². The number of carboxylic acid groups (broad SMARTS) is 1. The van der Waals surface area contributed by atoms with Gasteiger partial charge in [0.2, 0.25) is 0 Å². The van der Waals surface area contributed by atoms with Gasteiger partial charge in [-0.3, -0.25) is 0 Å². The Morgan fingerprint density at radius 3 is 2.85 bits per heavy atom. The molecule has 0 saturated carbocycles. The molecule has 1 aliphatic rings. The van der Waals surface area contributed by atoms with Crippen LogP contribution in [0, 0.1) is 0 Å². The van der Waals surface area contributed by atoms with E-state index in [1.165, 1.54) is 16.7 Å². The summed E-state index contributed by atoms with van der Waals surface area (Å²) in [6.45, 7) is 0. The number of thioether (sulfide) groups is 1. The second-order valence-electron chi connectivity index (χ2n) is 4.70. The van der Waals surface area contributed by atoms with Crippen molar-refractivity contribution in [2.45, 2.75) is 6.04 Å². The number of anilines is 2. The average Bonchev–Trinajstić information content (AvgIpc) is 2.88. The van der Waals surface area contributed by atoms with Crippen molar-refractivity contribution in [2.75, 3.05) is 35.9 Å². The number of carbonyl (C=O) groups excluding carboxylic acids is 1. The molecule has 0 radical (unpaired) electrons. The number of nitrogens with one attached hydrogen (secondary N) is 1. The maximum Gasteiger partial charge on any atom is 0.327 e. The number of nitrogens with zero attached hydrogens (tertiary/aromatic N) is 2. The van der Waals surface area contributed by atoms with E-state index in [-0.39, 0.29) is 6.03 Å². The molecule has 1 aromatic carbocycles. The van der Waals surface area contributed by atoms with Crippen molar-refractivity contribution >= 4 is 35.1 Å². The zero-order chi connectivity index (χ0) is 14.7. The molecule has 1 saturated heterocycles. The molecule has 2 amide bonds. The smallest absolute Gasteiger partial charge is 0.327 e. The predicted octanol–water partition coefficient (Wildman–Crippen LogP) is 1.74. The van der Waals surface area contributed by atoms with Crippen LogP contribution in [-0.4, -0.2) is 53.8 Å². The SMILES string of the molecule is CN(C)c1cccc(NC(=O)N2CSC[C@H]2C(=O)O)c1. The number of carboxylic acids is 1. The van der Waals surface area contributed by atoms with E-state index < -0.39 is 12.0 Å². The molecule has 0 unspecified atom stereocenters. The zero-order valence-electron chi connectivity index (χ0n) is 11.4. The van der Waals surface area contributed by atoms with Gasteiger partial charge in [-0.15, -0.1) is 11.8 Å². The van der Waals surface area contributed by atoms with Gasteiger partial charge in [-0.25, -0.2) is 9.59 Å². The Kier molecular flexibility index (Phi) is 4.39. The number of benzene rings is 1. The third kappa shape index (κ3) is 3.16. The van der Waals surface area contributed by atoms with Crippen molar-refractivity contribution < 1.29 is 14.7 Å². The largest absolute Gasteiger partial charge is 0.480 e. The molecule has 2 rings (SSSR count). The zero-order valence-corrected chi connectivity index (χ0v) is 12.2. The molecular formula is C13H17N3O3S. The normalized spacial score (nSPS) is 17.9.